The third kappa shape index (κ3) is 16.4. The number of rotatable bonds is 25. The van der Waals surface area contributed by atoms with Gasteiger partial charge in [-0.1, -0.05) is 18.6 Å². The minimum Gasteiger partial charge on any atom is -0.379 e. The van der Waals surface area contributed by atoms with Crippen LogP contribution in [0.5, 0.6) is 0 Å². The van der Waals surface area contributed by atoms with Crippen LogP contribution < -0.4 is 21.3 Å². The number of nitrogens with one attached hydrogen (secondary N) is 4. The normalized spacial score (nSPS) is 24.0. The standard InChI is InChI=1S/C34H59N5O9S/c1-44-27-10-5-6-17-39(24-28(27)45-2)32(42)14-7-13-31(41)36-16-9-19-47-21-23-48-22-20-46-18-8-15-35-30(40)12-4-3-11-29-33-26(25-49-29)37-34(43)38-33/h5,10,26-29,33H,3-4,6-9,11-25H2,1-2H3,(H,35,40)(H,36,41)(H2,37,38,43)/b10-5-/t26-,27-,28-,29-,33-/m0/s1. The number of thioether (sulfide) groups is 1. The number of methoxy groups -OCH3 is 2. The average Bonchev–Trinajstić information content (AvgIpc) is 3.64. The number of nitrogens with zero attached hydrogens (tertiary/aromatic N) is 1. The van der Waals surface area contributed by atoms with E-state index in [1.54, 1.807) is 19.1 Å². The number of ether oxygens (including phenoxy) is 5. The zero-order valence-electron chi connectivity index (χ0n) is 29.4. The Morgan fingerprint density at radius 1 is 0.837 bits per heavy atom. The van der Waals surface area contributed by atoms with Crippen LogP contribution >= 0.6 is 11.8 Å². The van der Waals surface area contributed by atoms with E-state index in [2.05, 4.69) is 21.3 Å². The van der Waals surface area contributed by atoms with E-state index in [4.69, 9.17) is 23.7 Å². The monoisotopic (exact) mass is 713 g/mol. The Labute approximate surface area is 295 Å². The maximum Gasteiger partial charge on any atom is 0.315 e. The number of urea groups is 1. The summed E-state index contributed by atoms with van der Waals surface area (Å²) in [4.78, 5) is 50.2. The Bertz CT molecular complexity index is 1020. The molecule has 3 heterocycles. The van der Waals surface area contributed by atoms with E-state index < -0.39 is 0 Å². The first-order valence-corrected chi connectivity index (χ1v) is 18.9. The van der Waals surface area contributed by atoms with Crippen molar-refractivity contribution in [3.8, 4) is 0 Å². The van der Waals surface area contributed by atoms with Crippen molar-refractivity contribution >= 4 is 35.5 Å². The van der Waals surface area contributed by atoms with E-state index in [0.29, 0.717) is 103 Å². The van der Waals surface area contributed by atoms with Gasteiger partial charge in [0.05, 0.1) is 38.5 Å². The van der Waals surface area contributed by atoms with Crippen LogP contribution in [0.1, 0.15) is 64.2 Å². The lowest BCUT2D eigenvalue weighted by atomic mass is 10.0. The Kier molecular flexibility index (Phi) is 20.6. The molecule has 0 aromatic rings. The van der Waals surface area contributed by atoms with Crippen molar-refractivity contribution in [1.82, 2.24) is 26.2 Å². The average molecular weight is 714 g/mol. The summed E-state index contributed by atoms with van der Waals surface area (Å²) < 4.78 is 27.6. The molecule has 3 aliphatic rings. The van der Waals surface area contributed by atoms with Gasteiger partial charge in [0, 0.05) is 83.9 Å². The van der Waals surface area contributed by atoms with Gasteiger partial charge < -0.3 is 49.9 Å². The Hall–Kier alpha value is -2.43. The van der Waals surface area contributed by atoms with Gasteiger partial charge in [0.25, 0.3) is 0 Å². The summed E-state index contributed by atoms with van der Waals surface area (Å²) >= 11 is 1.90. The number of carbonyl (C=O) groups is 4. The largest absolute Gasteiger partial charge is 0.379 e. The molecular formula is C34H59N5O9S. The molecule has 0 unspecified atom stereocenters. The van der Waals surface area contributed by atoms with Crippen molar-refractivity contribution in [2.24, 2.45) is 0 Å². The minimum atomic E-state index is -0.222. The molecule has 0 aromatic heterocycles. The molecule has 4 N–H and O–H groups in total. The molecule has 5 amide bonds. The fourth-order valence-corrected chi connectivity index (χ4v) is 7.56. The van der Waals surface area contributed by atoms with E-state index in [1.165, 1.54) is 0 Å². The first kappa shape index (κ1) is 41.0. The molecule has 3 rings (SSSR count). The van der Waals surface area contributed by atoms with Crippen molar-refractivity contribution in [2.75, 3.05) is 85.8 Å². The van der Waals surface area contributed by atoms with Gasteiger partial charge in [-0.15, -0.1) is 0 Å². The highest BCUT2D eigenvalue weighted by Gasteiger charge is 2.42. The summed E-state index contributed by atoms with van der Waals surface area (Å²) in [6.07, 6.45) is 10.3. The number of unbranched alkanes of at least 4 members (excludes halogenated alkanes) is 1. The number of fused-ring (bicyclic) bond motifs is 1. The van der Waals surface area contributed by atoms with Gasteiger partial charge >= 0.3 is 6.03 Å². The highest BCUT2D eigenvalue weighted by atomic mass is 32.2. The van der Waals surface area contributed by atoms with Gasteiger partial charge in [0.2, 0.25) is 17.7 Å². The Morgan fingerprint density at radius 3 is 2.14 bits per heavy atom. The predicted octanol–water partition coefficient (Wildman–Crippen LogP) is 1.76. The molecule has 49 heavy (non-hydrogen) atoms. The second-order valence-electron chi connectivity index (χ2n) is 12.5. The smallest absolute Gasteiger partial charge is 0.315 e. The van der Waals surface area contributed by atoms with Gasteiger partial charge in [-0.3, -0.25) is 14.4 Å². The summed E-state index contributed by atoms with van der Waals surface area (Å²) in [7, 11) is 3.26. The van der Waals surface area contributed by atoms with Crippen molar-refractivity contribution in [3.05, 3.63) is 12.2 Å². The van der Waals surface area contributed by atoms with E-state index in [0.717, 1.165) is 37.9 Å². The molecule has 0 aromatic carbocycles. The quantitative estimate of drug-likeness (QED) is 0.0623. The molecule has 2 saturated heterocycles. The molecule has 0 aliphatic carbocycles. The van der Waals surface area contributed by atoms with E-state index in [-0.39, 0.29) is 48.0 Å². The predicted molar refractivity (Wildman–Crippen MR) is 187 cm³/mol. The van der Waals surface area contributed by atoms with Crippen LogP contribution in [0.4, 0.5) is 4.79 Å². The van der Waals surface area contributed by atoms with Gasteiger partial charge in [-0.05, 0) is 38.5 Å². The molecule has 2 fully saturated rings. The zero-order valence-corrected chi connectivity index (χ0v) is 30.2. The molecule has 0 spiro atoms. The van der Waals surface area contributed by atoms with Crippen LogP contribution in [-0.2, 0) is 38.1 Å². The number of hydrogen-bond acceptors (Lipinski definition) is 10. The highest BCUT2D eigenvalue weighted by molar-refractivity contribution is 8.00. The number of carbonyl (C=O) groups excluding carboxylic acids is 4. The maximum atomic E-state index is 12.7. The van der Waals surface area contributed by atoms with Crippen LogP contribution in [0.2, 0.25) is 0 Å². The molecule has 0 saturated carbocycles. The van der Waals surface area contributed by atoms with Crippen LogP contribution in [0.3, 0.4) is 0 Å². The zero-order chi connectivity index (χ0) is 35.1. The van der Waals surface area contributed by atoms with Crippen molar-refractivity contribution < 1.29 is 42.9 Å². The van der Waals surface area contributed by atoms with Crippen molar-refractivity contribution in [2.45, 2.75) is 93.7 Å². The van der Waals surface area contributed by atoms with Crippen LogP contribution in [0, 0.1) is 0 Å². The molecular weight excluding hydrogens is 654 g/mol. The molecule has 3 aliphatic heterocycles. The number of hydrogen-bond donors (Lipinski definition) is 4. The summed E-state index contributed by atoms with van der Waals surface area (Å²) in [6, 6.07) is 0.408. The Balaban J connectivity index is 1.03. The van der Waals surface area contributed by atoms with E-state index >= 15 is 0 Å². The molecule has 0 radical (unpaired) electrons. The van der Waals surface area contributed by atoms with Crippen molar-refractivity contribution in [1.29, 1.82) is 0 Å². The fraction of sp³-hybridized carbons (Fsp3) is 0.824. The van der Waals surface area contributed by atoms with Crippen LogP contribution in [0.15, 0.2) is 12.2 Å². The van der Waals surface area contributed by atoms with Crippen molar-refractivity contribution in [3.63, 3.8) is 0 Å². The lowest BCUT2D eigenvalue weighted by Gasteiger charge is -2.31. The first-order chi connectivity index (χ1) is 23.9. The molecule has 14 nitrogen and oxygen atoms in total. The van der Waals surface area contributed by atoms with Gasteiger partial charge in [0.1, 0.15) is 12.2 Å². The summed E-state index contributed by atoms with van der Waals surface area (Å²) in [5, 5.41) is 12.2. The van der Waals surface area contributed by atoms with E-state index in [1.807, 2.05) is 23.9 Å². The molecule has 280 valence electrons. The van der Waals surface area contributed by atoms with Crippen LogP contribution in [-0.4, -0.2) is 144 Å². The third-order valence-electron chi connectivity index (χ3n) is 8.78. The summed E-state index contributed by atoms with van der Waals surface area (Å²) in [5.74, 6) is 0.995. The fourth-order valence-electron chi connectivity index (χ4n) is 6.02. The summed E-state index contributed by atoms with van der Waals surface area (Å²) in [6.45, 7) is 5.20. The van der Waals surface area contributed by atoms with Crippen LogP contribution in [0.25, 0.3) is 0 Å². The summed E-state index contributed by atoms with van der Waals surface area (Å²) in [5.41, 5.74) is 0. The third-order valence-corrected chi connectivity index (χ3v) is 10.3. The SMILES string of the molecule is CO[C@H]1/C=C\CCN(C(=O)CCCC(=O)NCCCOCCOCCOCCCNC(=O)CCCC[C@@H]2SC[C@@H]3NC(=O)N[C@@H]32)C[C@@H]1OC. The van der Waals surface area contributed by atoms with E-state index in [9.17, 15) is 19.2 Å². The second kappa shape index (κ2) is 24.7. The Morgan fingerprint density at radius 2 is 1.49 bits per heavy atom. The molecule has 15 heteroatoms. The second-order valence-corrected chi connectivity index (χ2v) is 13.8. The highest BCUT2D eigenvalue weighted by Crippen LogP contribution is 2.33. The lowest BCUT2D eigenvalue weighted by molar-refractivity contribution is -0.134. The van der Waals surface area contributed by atoms with Gasteiger partial charge in [0.15, 0.2) is 0 Å². The molecule has 5 atom stereocenters. The minimum absolute atomic E-state index is 0.0269. The number of amides is 5. The van der Waals surface area contributed by atoms with Gasteiger partial charge in [-0.2, -0.15) is 11.8 Å². The molecule has 0 bridgehead atoms. The first-order valence-electron chi connectivity index (χ1n) is 17.9. The maximum absolute atomic E-state index is 12.7. The lowest BCUT2D eigenvalue weighted by Crippen LogP contribution is -2.44. The topological polar surface area (TPSA) is 166 Å². The van der Waals surface area contributed by atoms with Gasteiger partial charge in [-0.25, -0.2) is 4.79 Å².